The van der Waals surface area contributed by atoms with Crippen LogP contribution in [0.25, 0.3) is 0 Å². The van der Waals surface area contributed by atoms with Crippen LogP contribution in [0, 0.1) is 34.6 Å². The van der Waals surface area contributed by atoms with Gasteiger partial charge < -0.3 is 14.9 Å². The summed E-state index contributed by atoms with van der Waals surface area (Å²) in [4.78, 5) is 14.6. The number of aliphatic hydroxyl groups is 1. The van der Waals surface area contributed by atoms with Crippen LogP contribution in [-0.2, 0) is 25.9 Å². The zero-order chi connectivity index (χ0) is 27.3. The summed E-state index contributed by atoms with van der Waals surface area (Å²) in [5.41, 5.74) is 12.2. The minimum atomic E-state index is -0.475. The molecule has 0 amide bonds. The molecule has 3 aromatic carbocycles. The number of Topliss-reactive ketones (excluding diaryl/α,β-unsaturated/α-hetero) is 1. The van der Waals surface area contributed by atoms with Crippen molar-refractivity contribution in [2.45, 2.75) is 61.0 Å². The molecule has 1 aliphatic heterocycles. The fraction of sp³-hybridized carbons (Fsp3) is 0.344. The van der Waals surface area contributed by atoms with Crippen LogP contribution in [0.5, 0.6) is 0 Å². The smallest absolute Gasteiger partial charge is 0.393 e. The summed E-state index contributed by atoms with van der Waals surface area (Å²) in [7, 11) is 2.10. The molecule has 0 saturated carbocycles. The zero-order valence-electron chi connectivity index (χ0n) is 24.0. The number of anilines is 1. The van der Waals surface area contributed by atoms with Gasteiger partial charge in [0.2, 0.25) is 6.71 Å². The Balaban J connectivity index is 0.000000561. The molecule has 0 fully saturated rings. The fourth-order valence-corrected chi connectivity index (χ4v) is 5.38. The van der Waals surface area contributed by atoms with Crippen LogP contribution in [-0.4, -0.2) is 42.3 Å². The Hall–Kier alpha value is -2.62. The van der Waals surface area contributed by atoms with E-state index in [4.69, 9.17) is 5.11 Å². The number of rotatable bonds is 6. The second kappa shape index (κ2) is 14.0. The van der Waals surface area contributed by atoms with Crippen molar-refractivity contribution >= 4 is 34.6 Å². The van der Waals surface area contributed by atoms with Gasteiger partial charge in [-0.2, -0.15) is 0 Å². The summed E-state index contributed by atoms with van der Waals surface area (Å²) in [5.74, 6) is 0.0370. The zero-order valence-corrected chi connectivity index (χ0v) is 26.3. The quantitative estimate of drug-likeness (QED) is 0.393. The first-order valence-electron chi connectivity index (χ1n) is 13.0. The normalized spacial score (nSPS) is 13.0. The van der Waals surface area contributed by atoms with E-state index < -0.39 is 6.10 Å². The van der Waals surface area contributed by atoms with Gasteiger partial charge in [0.15, 0.2) is 0 Å². The van der Waals surface area contributed by atoms with E-state index in [0.29, 0.717) is 0 Å². The maximum absolute atomic E-state index is 10.1. The van der Waals surface area contributed by atoms with Gasteiger partial charge in [0.05, 0.1) is 12.8 Å². The number of nitrogens with zero attached hydrogens (tertiary/aromatic N) is 2. The molecule has 0 spiro atoms. The fourth-order valence-electron chi connectivity index (χ4n) is 5.38. The number of benzene rings is 3. The van der Waals surface area contributed by atoms with Gasteiger partial charge in [-0.1, -0.05) is 86.7 Å². The molecule has 1 N–H and O–H groups in total. The molecule has 4 nitrogen and oxygen atoms in total. The van der Waals surface area contributed by atoms with Gasteiger partial charge >= 0.3 is 21.1 Å². The van der Waals surface area contributed by atoms with Gasteiger partial charge in [-0.15, -0.1) is 0 Å². The van der Waals surface area contributed by atoms with E-state index in [1.165, 1.54) is 56.8 Å². The summed E-state index contributed by atoms with van der Waals surface area (Å²) in [6.07, 6.45) is 4.07. The van der Waals surface area contributed by atoms with Gasteiger partial charge in [-0.05, 0) is 60.6 Å². The van der Waals surface area contributed by atoms with E-state index in [0.717, 1.165) is 6.67 Å². The molecule has 0 aliphatic carbocycles. The van der Waals surface area contributed by atoms with Crippen LogP contribution in [0.15, 0.2) is 67.0 Å². The third-order valence-corrected chi connectivity index (χ3v) is 6.87. The maximum atomic E-state index is 10.1. The van der Waals surface area contributed by atoms with Gasteiger partial charge in [-0.3, -0.25) is 4.79 Å². The van der Waals surface area contributed by atoms with Crippen molar-refractivity contribution in [3.63, 3.8) is 0 Å². The Morgan fingerprint density at radius 3 is 1.84 bits per heavy atom. The Labute approximate surface area is 244 Å². The van der Waals surface area contributed by atoms with Crippen molar-refractivity contribution in [2.75, 3.05) is 18.6 Å². The molecule has 0 bridgehead atoms. The predicted octanol–water partition coefficient (Wildman–Crippen LogP) is 4.27. The molecule has 0 radical (unpaired) electrons. The summed E-state index contributed by atoms with van der Waals surface area (Å²) < 4.78 is 0. The number of carbonyl (C=O) groups is 1. The first kappa shape index (κ1) is 31.6. The maximum Gasteiger partial charge on any atom is 2.00 e. The number of carbonyl (C=O) groups excluding carboxylic acids is 1. The van der Waals surface area contributed by atoms with Crippen molar-refractivity contribution in [3.05, 3.63) is 94.8 Å². The Kier molecular flexibility index (Phi) is 11.6. The molecular weight excluding hydrogens is 650 g/mol. The molecule has 0 saturated heterocycles. The minimum Gasteiger partial charge on any atom is -0.393 e. The molecule has 4 rings (SSSR count). The van der Waals surface area contributed by atoms with E-state index in [9.17, 15) is 4.79 Å². The third-order valence-electron chi connectivity index (χ3n) is 6.87. The average Bonchev–Trinajstić information content (AvgIpc) is 3.23. The Bertz CT molecular complexity index is 1230. The predicted molar refractivity (Wildman–Crippen MR) is 159 cm³/mol. The van der Waals surface area contributed by atoms with Crippen molar-refractivity contribution in [1.82, 2.24) is 4.90 Å². The van der Waals surface area contributed by atoms with Crippen molar-refractivity contribution in [3.8, 4) is 0 Å². The number of aryl methyl sites for hydroxylation is 5. The van der Waals surface area contributed by atoms with Crippen molar-refractivity contribution in [2.24, 2.45) is 0 Å². The molecule has 1 aliphatic rings. The second-order valence-corrected chi connectivity index (χ2v) is 10.6. The summed E-state index contributed by atoms with van der Waals surface area (Å²) in [6.45, 7) is 15.4. The van der Waals surface area contributed by atoms with E-state index in [1.54, 1.807) is 6.92 Å². The summed E-state index contributed by atoms with van der Waals surface area (Å²) in [5, 5.41) is 8.50. The first-order valence-corrected chi connectivity index (χ1v) is 13.0. The van der Waals surface area contributed by atoms with Crippen molar-refractivity contribution < 1.29 is 31.0 Å². The number of hydrogen-bond acceptors (Lipinski definition) is 4. The van der Waals surface area contributed by atoms with Crippen LogP contribution in [0.1, 0.15) is 48.1 Å². The number of aliphatic hydroxyl groups excluding tert-OH is 1. The molecule has 202 valence electrons. The standard InChI is InChI=1S/C27H31BN2.C5H10O2.Pt/c1-19-16-22(4)27(23(5)17-19)28(26-20(2)8-7-9-21(26)3)24-10-12-25(13-11-24)30-15-14-29(6)18-30;1-4(6)3-5(2)7;/h7-17H,18H2,1-6H3;4,6H,3H2,1-2H3;/q;;+2. The van der Waals surface area contributed by atoms with E-state index in [-0.39, 0.29) is 40.0 Å². The van der Waals surface area contributed by atoms with Gasteiger partial charge in [0.1, 0.15) is 5.78 Å². The van der Waals surface area contributed by atoms with Crippen molar-refractivity contribution in [1.29, 1.82) is 0 Å². The molecule has 0 aromatic heterocycles. The molecule has 3 aromatic rings. The first-order chi connectivity index (χ1) is 17.5. The van der Waals surface area contributed by atoms with Crippen LogP contribution in [0.2, 0.25) is 0 Å². The van der Waals surface area contributed by atoms with Gasteiger partial charge in [0, 0.05) is 31.6 Å². The second-order valence-electron chi connectivity index (χ2n) is 10.6. The van der Waals surface area contributed by atoms with E-state index in [2.05, 4.69) is 118 Å². The average molecular weight is 692 g/mol. The Morgan fingerprint density at radius 1 is 0.895 bits per heavy atom. The monoisotopic (exact) mass is 691 g/mol. The Morgan fingerprint density at radius 2 is 1.42 bits per heavy atom. The number of ketones is 1. The minimum absolute atomic E-state index is 0. The summed E-state index contributed by atoms with van der Waals surface area (Å²) in [6, 6.07) is 20.5. The van der Waals surface area contributed by atoms with Gasteiger partial charge in [-0.25, -0.2) is 0 Å². The van der Waals surface area contributed by atoms with Crippen LogP contribution < -0.4 is 21.3 Å². The molecule has 1 atom stereocenters. The topological polar surface area (TPSA) is 43.8 Å². The van der Waals surface area contributed by atoms with Crippen LogP contribution in [0.3, 0.4) is 0 Å². The number of hydrogen-bond donors (Lipinski definition) is 1. The van der Waals surface area contributed by atoms with Crippen LogP contribution in [0.4, 0.5) is 5.69 Å². The van der Waals surface area contributed by atoms with E-state index >= 15 is 0 Å². The molecule has 38 heavy (non-hydrogen) atoms. The molecular formula is C32H41BN2O2Pt+2. The molecule has 1 heterocycles. The molecule has 1 unspecified atom stereocenters. The SMILES string of the molecule is CC(=O)CC(C)O.Cc1cc(C)c(B(c2ccc(N3C=CN(C)C3)cc2)c2c(C)cccc2C)c(C)c1.[Pt+2]. The summed E-state index contributed by atoms with van der Waals surface area (Å²) >= 11 is 0. The van der Waals surface area contributed by atoms with Gasteiger partial charge in [0.25, 0.3) is 0 Å². The van der Waals surface area contributed by atoms with Crippen LogP contribution >= 0.6 is 0 Å². The van der Waals surface area contributed by atoms with E-state index in [1.807, 2.05) is 0 Å². The largest absolute Gasteiger partial charge is 2.00 e. The molecule has 6 heteroatoms. The third kappa shape index (κ3) is 7.94.